The summed E-state index contributed by atoms with van der Waals surface area (Å²) < 4.78 is 12.1. The number of carbonyl (C=O) groups excluding carboxylic acids is 2. The minimum absolute atomic E-state index is 0.112. The molecular weight excluding hydrogens is 408 g/mol. The molecule has 1 heterocycles. The lowest BCUT2D eigenvalue weighted by Gasteiger charge is -2.10. The Labute approximate surface area is 176 Å². The second-order valence-electron chi connectivity index (χ2n) is 6.01. The van der Waals surface area contributed by atoms with E-state index in [4.69, 9.17) is 9.47 Å². The fraction of sp³-hybridized carbons (Fsp3) is 0.211. The minimum atomic E-state index is -0.214. The van der Waals surface area contributed by atoms with Gasteiger partial charge < -0.3 is 20.1 Å². The topological polar surface area (TPSA) is 120 Å². The molecule has 0 unspecified atom stereocenters. The maximum absolute atomic E-state index is 12.3. The van der Waals surface area contributed by atoms with Gasteiger partial charge in [0.2, 0.25) is 17.0 Å². The van der Waals surface area contributed by atoms with Crippen LogP contribution in [0.25, 0.3) is 5.69 Å². The van der Waals surface area contributed by atoms with Gasteiger partial charge in [-0.05, 0) is 46.8 Å². The van der Waals surface area contributed by atoms with Crippen LogP contribution in [-0.4, -0.2) is 52.0 Å². The van der Waals surface area contributed by atoms with Gasteiger partial charge in [-0.1, -0.05) is 11.8 Å². The molecule has 30 heavy (non-hydrogen) atoms. The molecule has 0 radical (unpaired) electrons. The van der Waals surface area contributed by atoms with Gasteiger partial charge in [0.25, 0.3) is 0 Å². The molecule has 156 valence electrons. The molecule has 0 saturated carbocycles. The summed E-state index contributed by atoms with van der Waals surface area (Å²) in [6.45, 7) is 1.43. The number of thioether (sulfide) groups is 1. The third-order valence-electron chi connectivity index (χ3n) is 3.87. The van der Waals surface area contributed by atoms with Gasteiger partial charge in [-0.2, -0.15) is 4.68 Å². The number of aromatic nitrogens is 4. The van der Waals surface area contributed by atoms with Crippen molar-refractivity contribution in [1.29, 1.82) is 0 Å². The van der Waals surface area contributed by atoms with Crippen LogP contribution in [0.4, 0.5) is 11.4 Å². The fourth-order valence-corrected chi connectivity index (χ4v) is 3.25. The van der Waals surface area contributed by atoms with Crippen LogP contribution in [-0.2, 0) is 9.59 Å². The van der Waals surface area contributed by atoms with Gasteiger partial charge in [0, 0.05) is 24.4 Å². The van der Waals surface area contributed by atoms with E-state index < -0.39 is 0 Å². The number of rotatable bonds is 8. The van der Waals surface area contributed by atoms with E-state index in [0.29, 0.717) is 33.7 Å². The highest BCUT2D eigenvalue weighted by Crippen LogP contribution is 2.30. The summed E-state index contributed by atoms with van der Waals surface area (Å²) in [6.07, 6.45) is 0. The lowest BCUT2D eigenvalue weighted by Crippen LogP contribution is -2.14. The highest BCUT2D eigenvalue weighted by atomic mass is 32.2. The zero-order valence-electron chi connectivity index (χ0n) is 16.6. The summed E-state index contributed by atoms with van der Waals surface area (Å²) in [7, 11) is 3.10. The zero-order valence-corrected chi connectivity index (χ0v) is 17.4. The SMILES string of the molecule is COc1ccc(-n2nnnc2SCC(=O)Nc2ccc(NC(C)=O)cc2)cc1OC. The summed E-state index contributed by atoms with van der Waals surface area (Å²) in [5, 5.41) is 17.6. The van der Waals surface area contributed by atoms with Crippen molar-refractivity contribution in [3.8, 4) is 17.2 Å². The number of carbonyl (C=O) groups is 2. The standard InChI is InChI=1S/C19H20N6O4S/c1-12(26)20-13-4-6-14(7-5-13)21-18(27)11-30-19-22-23-24-25(19)15-8-9-16(28-2)17(10-15)29-3/h4-10H,11H2,1-3H3,(H,20,26)(H,21,27). The Morgan fingerprint density at radius 2 is 1.67 bits per heavy atom. The molecule has 11 heteroatoms. The summed E-state index contributed by atoms with van der Waals surface area (Å²) in [6, 6.07) is 12.1. The first-order valence-electron chi connectivity index (χ1n) is 8.81. The number of ether oxygens (including phenoxy) is 2. The monoisotopic (exact) mass is 428 g/mol. The van der Waals surface area contributed by atoms with E-state index in [0.717, 1.165) is 0 Å². The predicted molar refractivity (Wildman–Crippen MR) is 112 cm³/mol. The number of benzene rings is 2. The molecule has 2 aromatic carbocycles. The summed E-state index contributed by atoms with van der Waals surface area (Å²) in [4.78, 5) is 23.3. The van der Waals surface area contributed by atoms with Gasteiger partial charge in [-0.15, -0.1) is 5.10 Å². The van der Waals surface area contributed by atoms with Gasteiger partial charge in [0.1, 0.15) is 0 Å². The molecule has 0 aliphatic heterocycles. The third-order valence-corrected chi connectivity index (χ3v) is 4.79. The first-order chi connectivity index (χ1) is 14.5. The Morgan fingerprint density at radius 1 is 1.00 bits per heavy atom. The highest BCUT2D eigenvalue weighted by Gasteiger charge is 2.14. The molecule has 10 nitrogen and oxygen atoms in total. The molecule has 0 saturated heterocycles. The Bertz CT molecular complexity index is 1040. The number of nitrogens with zero attached hydrogens (tertiary/aromatic N) is 4. The van der Waals surface area contributed by atoms with E-state index in [1.807, 2.05) is 0 Å². The number of anilines is 2. The van der Waals surface area contributed by atoms with Crippen molar-refractivity contribution in [2.75, 3.05) is 30.6 Å². The van der Waals surface area contributed by atoms with E-state index in [-0.39, 0.29) is 17.6 Å². The van der Waals surface area contributed by atoms with Crippen LogP contribution in [0.1, 0.15) is 6.92 Å². The Kier molecular flexibility index (Phi) is 6.86. The van der Waals surface area contributed by atoms with Crippen molar-refractivity contribution in [1.82, 2.24) is 20.2 Å². The van der Waals surface area contributed by atoms with E-state index in [2.05, 4.69) is 26.2 Å². The predicted octanol–water partition coefficient (Wildman–Crippen LogP) is 2.37. The molecule has 3 aromatic rings. The average molecular weight is 428 g/mol. The van der Waals surface area contributed by atoms with Crippen LogP contribution in [0.15, 0.2) is 47.6 Å². The number of methoxy groups -OCH3 is 2. The second-order valence-corrected chi connectivity index (χ2v) is 6.95. The first-order valence-corrected chi connectivity index (χ1v) is 9.80. The van der Waals surface area contributed by atoms with E-state index in [9.17, 15) is 9.59 Å². The van der Waals surface area contributed by atoms with Crippen molar-refractivity contribution in [3.05, 3.63) is 42.5 Å². The summed E-state index contributed by atoms with van der Waals surface area (Å²) >= 11 is 1.20. The molecule has 3 rings (SSSR count). The normalized spacial score (nSPS) is 10.4. The Morgan fingerprint density at radius 3 is 2.30 bits per heavy atom. The molecule has 0 aliphatic carbocycles. The number of hydrogen-bond acceptors (Lipinski definition) is 8. The van der Waals surface area contributed by atoms with Gasteiger partial charge in [0.15, 0.2) is 11.5 Å². The minimum Gasteiger partial charge on any atom is -0.493 e. The molecule has 0 bridgehead atoms. The quantitative estimate of drug-likeness (QED) is 0.525. The van der Waals surface area contributed by atoms with Crippen LogP contribution in [0, 0.1) is 0 Å². The Hall–Kier alpha value is -3.60. The van der Waals surface area contributed by atoms with Crippen molar-refractivity contribution < 1.29 is 19.1 Å². The third kappa shape index (κ3) is 5.26. The van der Waals surface area contributed by atoms with Crippen LogP contribution >= 0.6 is 11.8 Å². The van der Waals surface area contributed by atoms with Crippen LogP contribution in [0.5, 0.6) is 11.5 Å². The smallest absolute Gasteiger partial charge is 0.234 e. The molecule has 0 atom stereocenters. The Balaban J connectivity index is 1.62. The van der Waals surface area contributed by atoms with Crippen LogP contribution in [0.2, 0.25) is 0 Å². The number of amides is 2. The lowest BCUT2D eigenvalue weighted by molar-refractivity contribution is -0.114. The van der Waals surface area contributed by atoms with E-state index >= 15 is 0 Å². The van der Waals surface area contributed by atoms with Crippen molar-refractivity contribution >= 4 is 35.0 Å². The average Bonchev–Trinajstić information content (AvgIpc) is 3.21. The van der Waals surface area contributed by atoms with Crippen molar-refractivity contribution in [3.63, 3.8) is 0 Å². The maximum Gasteiger partial charge on any atom is 0.234 e. The summed E-state index contributed by atoms with van der Waals surface area (Å²) in [5.74, 6) is 0.875. The molecule has 0 aliphatic rings. The van der Waals surface area contributed by atoms with Gasteiger partial charge in [0.05, 0.1) is 25.7 Å². The molecule has 1 aromatic heterocycles. The zero-order chi connectivity index (χ0) is 21.5. The van der Waals surface area contributed by atoms with Gasteiger partial charge in [-0.3, -0.25) is 9.59 Å². The van der Waals surface area contributed by atoms with Crippen molar-refractivity contribution in [2.24, 2.45) is 0 Å². The molecule has 2 amide bonds. The maximum atomic E-state index is 12.3. The van der Waals surface area contributed by atoms with Gasteiger partial charge in [-0.25, -0.2) is 0 Å². The number of hydrogen-bond donors (Lipinski definition) is 2. The largest absolute Gasteiger partial charge is 0.493 e. The number of nitrogens with one attached hydrogen (secondary N) is 2. The van der Waals surface area contributed by atoms with Crippen LogP contribution in [0.3, 0.4) is 0 Å². The molecular formula is C19H20N6O4S. The van der Waals surface area contributed by atoms with Crippen LogP contribution < -0.4 is 20.1 Å². The van der Waals surface area contributed by atoms with E-state index in [1.54, 1.807) is 56.7 Å². The molecule has 2 N–H and O–H groups in total. The lowest BCUT2D eigenvalue weighted by atomic mass is 10.3. The molecule has 0 fully saturated rings. The number of tetrazole rings is 1. The fourth-order valence-electron chi connectivity index (χ4n) is 2.55. The highest BCUT2D eigenvalue weighted by molar-refractivity contribution is 7.99. The van der Waals surface area contributed by atoms with E-state index in [1.165, 1.54) is 23.4 Å². The first kappa shape index (κ1) is 21.1. The van der Waals surface area contributed by atoms with Gasteiger partial charge >= 0.3 is 0 Å². The second kappa shape index (κ2) is 9.74. The van der Waals surface area contributed by atoms with Crippen molar-refractivity contribution in [2.45, 2.75) is 12.1 Å². The summed E-state index contributed by atoms with van der Waals surface area (Å²) in [5.41, 5.74) is 1.95. The molecule has 0 spiro atoms.